The molecular formula is C24H20ClN3O2S2. The van der Waals surface area contributed by atoms with Crippen LogP contribution in [0.15, 0.2) is 77.7 Å². The zero-order valence-electron chi connectivity index (χ0n) is 17.0. The highest BCUT2D eigenvalue weighted by molar-refractivity contribution is 7.89. The molecular weight excluding hydrogens is 462 g/mol. The number of thiazole rings is 1. The van der Waals surface area contributed by atoms with E-state index in [1.54, 1.807) is 12.1 Å². The van der Waals surface area contributed by atoms with E-state index in [1.807, 2.05) is 30.3 Å². The number of rotatable bonds is 4. The highest BCUT2D eigenvalue weighted by Gasteiger charge is 2.25. The minimum atomic E-state index is -3.90. The van der Waals surface area contributed by atoms with Crippen LogP contribution >= 0.6 is 22.9 Å². The van der Waals surface area contributed by atoms with Crippen LogP contribution in [-0.4, -0.2) is 19.9 Å². The van der Waals surface area contributed by atoms with Crippen LogP contribution < -0.4 is 10.0 Å². The first kappa shape index (κ1) is 21.2. The van der Waals surface area contributed by atoms with Gasteiger partial charge in [0.05, 0.1) is 15.5 Å². The molecule has 0 fully saturated rings. The maximum atomic E-state index is 12.3. The summed E-state index contributed by atoms with van der Waals surface area (Å²) in [5.74, 6) is 0. The number of aromatic nitrogens is 1. The number of nitrogens with two attached hydrogens (primary N) is 1. The fourth-order valence-corrected chi connectivity index (χ4v) is 6.08. The molecule has 0 spiro atoms. The number of fused-ring (bicyclic) bond motifs is 1. The van der Waals surface area contributed by atoms with Crippen LogP contribution in [0.1, 0.15) is 11.1 Å². The molecule has 4 aromatic rings. The molecule has 8 heteroatoms. The summed E-state index contributed by atoms with van der Waals surface area (Å²) < 4.78 is 24.6. The van der Waals surface area contributed by atoms with Gasteiger partial charge in [-0.25, -0.2) is 18.5 Å². The Morgan fingerprint density at radius 1 is 0.938 bits per heavy atom. The van der Waals surface area contributed by atoms with E-state index >= 15 is 0 Å². The molecule has 0 unspecified atom stereocenters. The molecule has 3 aromatic carbocycles. The zero-order valence-corrected chi connectivity index (χ0v) is 19.4. The smallest absolute Gasteiger partial charge is 0.238 e. The molecule has 2 N–H and O–H groups in total. The van der Waals surface area contributed by atoms with Crippen molar-refractivity contribution in [3.8, 4) is 21.7 Å². The standard InChI is InChI=1S/C24H20ClN3O2S2/c25-19-11-9-17(10-12-19)22-23(20-7-3-4-8-21(20)32(26,29)30)31-24(27-22)28-14-13-16-5-1-2-6-18(16)15-28/h1-12H,13-15H2,(H2,26,29,30). The molecule has 32 heavy (non-hydrogen) atoms. The average molecular weight is 482 g/mol. The van der Waals surface area contributed by atoms with Crippen LogP contribution in [0, 0.1) is 0 Å². The third kappa shape index (κ3) is 4.04. The van der Waals surface area contributed by atoms with Gasteiger partial charge in [-0.15, -0.1) is 0 Å². The molecule has 5 rings (SSSR count). The van der Waals surface area contributed by atoms with Crippen molar-refractivity contribution in [3.63, 3.8) is 0 Å². The molecule has 0 aliphatic carbocycles. The topological polar surface area (TPSA) is 76.3 Å². The molecule has 0 atom stereocenters. The van der Waals surface area contributed by atoms with Crippen molar-refractivity contribution in [2.75, 3.05) is 11.4 Å². The van der Waals surface area contributed by atoms with Crippen molar-refractivity contribution < 1.29 is 8.42 Å². The van der Waals surface area contributed by atoms with Gasteiger partial charge in [-0.3, -0.25) is 0 Å². The third-order valence-corrected chi connectivity index (χ3v) is 7.94. The van der Waals surface area contributed by atoms with Crippen LogP contribution in [-0.2, 0) is 23.0 Å². The number of benzene rings is 3. The van der Waals surface area contributed by atoms with Crippen molar-refractivity contribution >= 4 is 38.1 Å². The SMILES string of the molecule is NS(=O)(=O)c1ccccc1-c1sc(N2CCc3ccccc3C2)nc1-c1ccc(Cl)cc1. The number of sulfonamides is 1. The number of hydrogen-bond donors (Lipinski definition) is 1. The minimum absolute atomic E-state index is 0.0920. The summed E-state index contributed by atoms with van der Waals surface area (Å²) in [7, 11) is -3.90. The van der Waals surface area contributed by atoms with Gasteiger partial charge in [-0.2, -0.15) is 0 Å². The number of nitrogens with zero attached hydrogens (tertiary/aromatic N) is 2. The second kappa shape index (κ2) is 8.33. The Hall–Kier alpha value is -2.71. The van der Waals surface area contributed by atoms with E-state index in [1.165, 1.54) is 28.5 Å². The fraction of sp³-hybridized carbons (Fsp3) is 0.125. The highest BCUT2D eigenvalue weighted by Crippen LogP contribution is 2.43. The van der Waals surface area contributed by atoms with Crippen LogP contribution in [0.3, 0.4) is 0 Å². The van der Waals surface area contributed by atoms with Gasteiger partial charge < -0.3 is 4.90 Å². The van der Waals surface area contributed by atoms with Gasteiger partial charge in [0, 0.05) is 29.2 Å². The Kier molecular flexibility index (Phi) is 5.51. The molecule has 1 aliphatic rings. The van der Waals surface area contributed by atoms with Gasteiger partial charge in [0.15, 0.2) is 5.13 Å². The summed E-state index contributed by atoms with van der Waals surface area (Å²) in [4.78, 5) is 8.08. The highest BCUT2D eigenvalue weighted by atomic mass is 35.5. The van der Waals surface area contributed by atoms with Crippen LogP contribution in [0.4, 0.5) is 5.13 Å². The van der Waals surface area contributed by atoms with Crippen LogP contribution in [0.25, 0.3) is 21.7 Å². The normalized spacial score (nSPS) is 13.8. The number of hydrogen-bond acceptors (Lipinski definition) is 5. The number of halogens is 1. The Morgan fingerprint density at radius 2 is 1.62 bits per heavy atom. The van der Waals surface area contributed by atoms with Gasteiger partial charge >= 0.3 is 0 Å². The zero-order chi connectivity index (χ0) is 22.3. The molecule has 0 radical (unpaired) electrons. The third-order valence-electron chi connectivity index (χ3n) is 5.57. The summed E-state index contributed by atoms with van der Waals surface area (Å²) in [6, 6.07) is 22.6. The van der Waals surface area contributed by atoms with E-state index in [-0.39, 0.29) is 4.90 Å². The second-order valence-corrected chi connectivity index (χ2v) is 10.6. The summed E-state index contributed by atoms with van der Waals surface area (Å²) >= 11 is 7.58. The lowest BCUT2D eigenvalue weighted by atomic mass is 10.0. The van der Waals surface area contributed by atoms with Gasteiger partial charge in [0.2, 0.25) is 10.0 Å². The molecule has 1 aromatic heterocycles. The fourth-order valence-electron chi connectivity index (χ4n) is 3.99. The predicted molar refractivity (Wildman–Crippen MR) is 131 cm³/mol. The van der Waals surface area contributed by atoms with Crippen molar-refractivity contribution in [2.45, 2.75) is 17.9 Å². The van der Waals surface area contributed by atoms with Crippen molar-refractivity contribution in [1.29, 1.82) is 0 Å². The minimum Gasteiger partial charge on any atom is -0.343 e. The van der Waals surface area contributed by atoms with Crippen molar-refractivity contribution in [3.05, 3.63) is 88.9 Å². The summed E-state index contributed by atoms with van der Waals surface area (Å²) in [5, 5.41) is 7.01. The molecule has 2 heterocycles. The number of primary sulfonamides is 1. The molecule has 0 amide bonds. The van der Waals surface area contributed by atoms with E-state index in [0.717, 1.165) is 40.8 Å². The Labute approximate surface area is 196 Å². The van der Waals surface area contributed by atoms with Crippen LogP contribution in [0.5, 0.6) is 0 Å². The van der Waals surface area contributed by atoms with E-state index < -0.39 is 10.0 Å². The Bertz CT molecular complexity index is 1400. The molecule has 1 aliphatic heterocycles. The Balaban J connectivity index is 1.66. The lowest BCUT2D eigenvalue weighted by Crippen LogP contribution is -2.30. The summed E-state index contributed by atoms with van der Waals surface area (Å²) in [6.07, 6.45) is 0.940. The average Bonchev–Trinajstić information content (AvgIpc) is 3.24. The van der Waals surface area contributed by atoms with E-state index in [2.05, 4.69) is 29.2 Å². The second-order valence-electron chi connectivity index (χ2n) is 7.66. The largest absolute Gasteiger partial charge is 0.343 e. The molecule has 0 bridgehead atoms. The van der Waals surface area contributed by atoms with Gasteiger partial charge in [0.25, 0.3) is 0 Å². The molecule has 162 valence electrons. The molecule has 0 saturated heterocycles. The summed E-state index contributed by atoms with van der Waals surface area (Å²) in [6.45, 7) is 1.61. The van der Waals surface area contributed by atoms with Gasteiger partial charge in [-0.1, -0.05) is 77.5 Å². The maximum Gasteiger partial charge on any atom is 0.238 e. The maximum absolute atomic E-state index is 12.3. The first-order chi connectivity index (χ1) is 15.4. The summed E-state index contributed by atoms with van der Waals surface area (Å²) in [5.41, 5.74) is 4.79. The quantitative estimate of drug-likeness (QED) is 0.426. The predicted octanol–water partition coefficient (Wildman–Crippen LogP) is 5.34. The Morgan fingerprint density at radius 3 is 2.38 bits per heavy atom. The molecule has 0 saturated carbocycles. The first-order valence-corrected chi connectivity index (χ1v) is 12.8. The van der Waals surface area contributed by atoms with E-state index in [9.17, 15) is 8.42 Å². The lowest BCUT2D eigenvalue weighted by Gasteiger charge is -2.28. The monoisotopic (exact) mass is 481 g/mol. The number of anilines is 1. The van der Waals surface area contributed by atoms with Crippen molar-refractivity contribution in [1.82, 2.24) is 4.98 Å². The van der Waals surface area contributed by atoms with E-state index in [0.29, 0.717) is 10.6 Å². The van der Waals surface area contributed by atoms with Crippen LogP contribution in [0.2, 0.25) is 5.02 Å². The van der Waals surface area contributed by atoms with Gasteiger partial charge in [-0.05, 0) is 35.7 Å². The lowest BCUT2D eigenvalue weighted by molar-refractivity contribution is 0.598. The van der Waals surface area contributed by atoms with Gasteiger partial charge in [0.1, 0.15) is 0 Å². The first-order valence-electron chi connectivity index (χ1n) is 10.1. The van der Waals surface area contributed by atoms with Crippen molar-refractivity contribution in [2.24, 2.45) is 5.14 Å². The van der Waals surface area contributed by atoms with E-state index in [4.69, 9.17) is 21.7 Å². The molecule has 5 nitrogen and oxygen atoms in total.